The van der Waals surface area contributed by atoms with Crippen LogP contribution in [0.25, 0.3) is 99.1 Å². The Kier molecular flexibility index (Phi) is 17.1. The fourth-order valence-corrected chi connectivity index (χ4v) is 17.4. The Hall–Kier alpha value is -9.72. The van der Waals surface area contributed by atoms with Crippen molar-refractivity contribution in [3.63, 3.8) is 0 Å². The maximum absolute atomic E-state index is 3.78. The minimum atomic E-state index is -0.438. The van der Waals surface area contributed by atoms with Gasteiger partial charge in [-0.1, -0.05) is 246 Å². The molecule has 2 aromatic heterocycles. The lowest BCUT2D eigenvalue weighted by molar-refractivity contribution is 0.590. The Balaban J connectivity index is 0.873. The summed E-state index contributed by atoms with van der Waals surface area (Å²) in [5.41, 5.74) is 31.0. The molecule has 1 aliphatic rings. The number of benzene rings is 13. The molecule has 0 amide bonds. The van der Waals surface area contributed by atoms with Crippen LogP contribution in [0.1, 0.15) is 155 Å². The zero-order valence-corrected chi connectivity index (χ0v) is 66.9. The first-order valence-electron chi connectivity index (χ1n) is 37.5. The second-order valence-electron chi connectivity index (χ2n) is 33.9. The first kappa shape index (κ1) is 69.6. The number of fused-ring (bicyclic) bond motifs is 11. The van der Waals surface area contributed by atoms with Gasteiger partial charge in [0.2, 0.25) is 0 Å². The van der Waals surface area contributed by atoms with Crippen molar-refractivity contribution in [3.8, 4) is 44.8 Å². The number of nitrogens with zero attached hydrogens (tertiary/aromatic N) is 4. The zero-order valence-electron chi connectivity index (χ0n) is 63.7. The summed E-state index contributed by atoms with van der Waals surface area (Å²) < 4.78 is 7.19. The van der Waals surface area contributed by atoms with Crippen LogP contribution >= 0.6 is 31.9 Å². The summed E-state index contributed by atoms with van der Waals surface area (Å²) in [6.07, 6.45) is 1.87. The summed E-state index contributed by atoms with van der Waals surface area (Å²) in [6, 6.07) is 98.0. The van der Waals surface area contributed by atoms with Gasteiger partial charge in [-0.2, -0.15) is 0 Å². The zero-order chi connectivity index (χ0) is 73.6. The van der Waals surface area contributed by atoms with Gasteiger partial charge in [-0.05, 0) is 269 Å². The van der Waals surface area contributed by atoms with E-state index in [4.69, 9.17) is 0 Å². The van der Waals surface area contributed by atoms with Crippen molar-refractivity contribution in [2.75, 3.05) is 9.80 Å². The summed E-state index contributed by atoms with van der Waals surface area (Å²) >= 11 is 7.55. The van der Waals surface area contributed by atoms with Gasteiger partial charge in [0.05, 0.1) is 27.8 Å². The largest absolute Gasteiger partial charge is 0.310 e. The van der Waals surface area contributed by atoms with E-state index >= 15 is 0 Å². The average molecular weight is 1500 g/mol. The predicted octanol–water partition coefficient (Wildman–Crippen LogP) is 29.5. The molecule has 0 atom stereocenters. The molecule has 0 saturated heterocycles. The number of halogens is 2. The lowest BCUT2D eigenvalue weighted by atomic mass is 9.81. The Morgan fingerprint density at radius 2 is 0.686 bits per heavy atom. The monoisotopic (exact) mass is 1500 g/mol. The summed E-state index contributed by atoms with van der Waals surface area (Å²) in [7, 11) is 0. The second-order valence-corrected chi connectivity index (χ2v) is 35.8. The van der Waals surface area contributed by atoms with Gasteiger partial charge in [0.15, 0.2) is 0 Å². The summed E-state index contributed by atoms with van der Waals surface area (Å²) in [4.78, 5) is 5.02. The highest BCUT2D eigenvalue weighted by Gasteiger charge is 2.39. The lowest BCUT2D eigenvalue weighted by Gasteiger charge is -2.30. The van der Waals surface area contributed by atoms with Crippen LogP contribution in [0.15, 0.2) is 264 Å². The molecule has 0 bridgehead atoms. The minimum Gasteiger partial charge on any atom is -0.310 e. The third kappa shape index (κ3) is 12.2. The van der Waals surface area contributed by atoms with Crippen molar-refractivity contribution in [2.45, 2.75) is 151 Å². The Labute approximate surface area is 638 Å². The Morgan fingerprint density at radius 3 is 1.10 bits per heavy atom. The molecule has 0 unspecified atom stereocenters. The number of hydrogen-bond donors (Lipinski definition) is 0. The van der Waals surface area contributed by atoms with Gasteiger partial charge >= 0.3 is 0 Å². The molecule has 16 rings (SSSR count). The number of aryl methyl sites for hydroxylation is 2. The van der Waals surface area contributed by atoms with Gasteiger partial charge < -0.3 is 18.9 Å². The van der Waals surface area contributed by atoms with E-state index in [2.05, 4.69) is 416 Å². The van der Waals surface area contributed by atoms with Crippen molar-refractivity contribution in [2.24, 2.45) is 0 Å². The maximum Gasteiger partial charge on any atom is 0.0543 e. The fraction of sp³-hybridized carbons (Fsp3) is 0.232. The Bertz CT molecular complexity index is 5830. The molecule has 0 radical (unpaired) electrons. The topological polar surface area (TPSA) is 16.3 Å². The quantitative estimate of drug-likeness (QED) is 0.121. The van der Waals surface area contributed by atoms with Crippen LogP contribution in [0.3, 0.4) is 0 Å². The van der Waals surface area contributed by atoms with E-state index < -0.39 is 5.41 Å². The van der Waals surface area contributed by atoms with E-state index in [1.54, 1.807) is 0 Å². The first-order valence-corrected chi connectivity index (χ1v) is 39.1. The smallest absolute Gasteiger partial charge is 0.0543 e. The second kappa shape index (κ2) is 25.8. The maximum atomic E-state index is 3.78. The van der Waals surface area contributed by atoms with E-state index in [1.165, 1.54) is 132 Å². The van der Waals surface area contributed by atoms with Gasteiger partial charge in [0.25, 0.3) is 0 Å². The van der Waals surface area contributed by atoms with Gasteiger partial charge in [-0.25, -0.2) is 0 Å². The van der Waals surface area contributed by atoms with Gasteiger partial charge in [-0.3, -0.25) is 0 Å². The van der Waals surface area contributed by atoms with Crippen LogP contribution in [-0.2, 0) is 39.9 Å². The van der Waals surface area contributed by atoms with Crippen LogP contribution in [-0.4, -0.2) is 9.13 Å². The highest BCUT2D eigenvalue weighted by atomic mass is 79.9. The molecule has 13 aromatic carbocycles. The van der Waals surface area contributed by atoms with Gasteiger partial charge in [0, 0.05) is 81.1 Å². The molecule has 524 valence electrons. The molecule has 4 nitrogen and oxygen atoms in total. The van der Waals surface area contributed by atoms with Gasteiger partial charge in [-0.15, -0.1) is 0 Å². The molecule has 6 heteroatoms. The van der Waals surface area contributed by atoms with Crippen LogP contribution in [0.5, 0.6) is 0 Å². The molecule has 0 aliphatic heterocycles. The van der Waals surface area contributed by atoms with E-state index in [1.807, 2.05) is 0 Å². The molecule has 2 heterocycles. The first-order chi connectivity index (χ1) is 50.0. The number of rotatable bonds is 12. The number of anilines is 6. The third-order valence-corrected chi connectivity index (χ3v) is 23.6. The highest BCUT2D eigenvalue weighted by Crippen LogP contribution is 2.57. The molecule has 0 N–H and O–H groups in total. The van der Waals surface area contributed by atoms with Crippen LogP contribution in [0.4, 0.5) is 34.1 Å². The van der Waals surface area contributed by atoms with Crippen molar-refractivity contribution in [1.29, 1.82) is 0 Å². The molecule has 0 spiro atoms. The molecule has 15 aromatic rings. The molecule has 0 fully saturated rings. The van der Waals surface area contributed by atoms with E-state index in [0.29, 0.717) is 0 Å². The van der Waals surface area contributed by atoms with E-state index in [0.717, 1.165) is 67.3 Å². The number of hydrogen-bond acceptors (Lipinski definition) is 2. The SMILES string of the molecule is CCc1cc(Br)ccc1-c1ccc(N(c2cccc(-n3c4ccc(C(C)(C)C)cc4c4cc(C(C)(C)C)ccc43)c2)c2ccc3c(c2)C(C)(C)c2cc(N(c4ccc(-c5ccc(Br)cc5CC)cc4)c4cccc(-n5c6ccc(C(C)(C)C)cc6c6cc(C(C)(C)C)ccc65)c4)c4ccccc4c2-3)cc1. The minimum absolute atomic E-state index is 0.0115. The van der Waals surface area contributed by atoms with E-state index in [9.17, 15) is 0 Å². The van der Waals surface area contributed by atoms with Crippen molar-refractivity contribution >= 4 is 120 Å². The fourth-order valence-electron chi connectivity index (χ4n) is 16.6. The molecule has 1 aliphatic carbocycles. The standard InChI is InChI=1S/C99H94Br2N4/c1-17-61-51-69(100)37-44-78(61)63-29-39-71(40-30-63)102(73-23-21-25-75(57-73)104-89-47-33-65(95(3,4)5)53-83(89)84-54-66(96(6,7)8)34-48-90(84)104)77-43-46-82-87(59-77)99(15,16)88-60-93(80-27-19-20-28-81(80)94(82)88)103(72-41-31-64(32-42-72)79-45-38-70(101)52-62(79)18-2)74-24-22-26-76(58-74)105-91-49-35-67(97(9,10)11)55-85(91)86-56-68(98(12,13)14)36-50-92(86)105/h19-60H,17-18H2,1-16H3. The van der Waals surface area contributed by atoms with Crippen LogP contribution in [0, 0.1) is 0 Å². The molecular weight excluding hydrogens is 1400 g/mol. The normalized spacial score (nSPS) is 13.2. The van der Waals surface area contributed by atoms with Crippen molar-refractivity contribution in [1.82, 2.24) is 9.13 Å². The highest BCUT2D eigenvalue weighted by molar-refractivity contribution is 9.10. The summed E-state index contributed by atoms with van der Waals surface area (Å²) in [5, 5.41) is 7.51. The Morgan fingerprint density at radius 1 is 0.314 bits per heavy atom. The molecule has 0 saturated carbocycles. The molecule has 105 heavy (non-hydrogen) atoms. The lowest BCUT2D eigenvalue weighted by Crippen LogP contribution is -2.18. The summed E-state index contributed by atoms with van der Waals surface area (Å²) in [6.45, 7) is 37.2. The number of aromatic nitrogens is 2. The van der Waals surface area contributed by atoms with Crippen LogP contribution in [0.2, 0.25) is 0 Å². The van der Waals surface area contributed by atoms with E-state index in [-0.39, 0.29) is 21.7 Å². The van der Waals surface area contributed by atoms with Crippen LogP contribution < -0.4 is 9.80 Å². The summed E-state index contributed by atoms with van der Waals surface area (Å²) in [5.74, 6) is 0. The predicted molar refractivity (Wildman–Crippen MR) is 459 cm³/mol. The van der Waals surface area contributed by atoms with Gasteiger partial charge in [0.1, 0.15) is 0 Å². The van der Waals surface area contributed by atoms with Crippen molar-refractivity contribution < 1.29 is 0 Å². The average Bonchev–Trinajstić information content (AvgIpc) is 1.57. The molecular formula is C99H94Br2N4. The third-order valence-electron chi connectivity index (χ3n) is 22.6. The van der Waals surface area contributed by atoms with Crippen molar-refractivity contribution in [3.05, 3.63) is 308 Å².